The first-order valence-electron chi connectivity index (χ1n) is 11.8. The summed E-state index contributed by atoms with van der Waals surface area (Å²) >= 11 is 0. The summed E-state index contributed by atoms with van der Waals surface area (Å²) in [6.45, 7) is 24.6. The summed E-state index contributed by atoms with van der Waals surface area (Å²) in [7, 11) is 0.501. The van der Waals surface area contributed by atoms with Crippen molar-refractivity contribution in [3.05, 3.63) is 0 Å². The van der Waals surface area contributed by atoms with Gasteiger partial charge in [0, 0.05) is 7.11 Å². The van der Waals surface area contributed by atoms with Crippen LogP contribution in [0.25, 0.3) is 0 Å². The zero-order chi connectivity index (χ0) is 20.5. The van der Waals surface area contributed by atoms with Crippen LogP contribution in [0.1, 0.15) is 60.8 Å². The zero-order valence-corrected chi connectivity index (χ0v) is 20.9. The molecule has 164 valence electrons. The van der Waals surface area contributed by atoms with Gasteiger partial charge < -0.3 is 19.1 Å². The Balaban J connectivity index is 4.48. The van der Waals surface area contributed by atoms with E-state index >= 15 is 0 Å². The molecule has 0 spiro atoms. The van der Waals surface area contributed by atoms with Gasteiger partial charge in [-0.3, -0.25) is 0 Å². The largest absolute Gasteiger partial charge is 0.420 e. The molecule has 0 radical (unpaired) electrons. The number of hydrogen-bond acceptors (Lipinski definition) is 4. The van der Waals surface area contributed by atoms with E-state index in [-0.39, 0.29) is 0 Å². The van der Waals surface area contributed by atoms with Crippen LogP contribution in [0.3, 0.4) is 0 Å². The Kier molecular flexibility index (Phi) is 17.0. The fraction of sp³-hybridized carbons (Fsp3) is 1.00. The summed E-state index contributed by atoms with van der Waals surface area (Å²) in [5, 5.41) is 0. The molecule has 0 aliphatic rings. The van der Waals surface area contributed by atoms with E-state index in [1.54, 1.807) is 0 Å². The third-order valence-electron chi connectivity index (χ3n) is 6.51. The molecule has 4 nitrogen and oxygen atoms in total. The van der Waals surface area contributed by atoms with Crippen LogP contribution in [0, 0.1) is 0 Å². The Labute approximate surface area is 172 Å². The second-order valence-electron chi connectivity index (χ2n) is 7.80. The lowest BCUT2D eigenvalue weighted by Crippen LogP contribution is -2.37. The molecule has 0 aromatic rings. The minimum Gasteiger partial charge on any atom is -0.420 e. The van der Waals surface area contributed by atoms with Gasteiger partial charge in [-0.15, -0.1) is 0 Å². The van der Waals surface area contributed by atoms with Crippen LogP contribution < -0.4 is 0 Å². The molecule has 27 heavy (non-hydrogen) atoms. The summed E-state index contributed by atoms with van der Waals surface area (Å²) in [4.78, 5) is 7.82. The lowest BCUT2D eigenvalue weighted by atomic mass is 10.2. The third-order valence-corrected chi connectivity index (χ3v) is 11.2. The van der Waals surface area contributed by atoms with Gasteiger partial charge in [-0.2, -0.15) is 0 Å². The molecular formula is C22H51N3OSi. The standard InChI is InChI=1S/C22H51N3OSi/c1-8-23(9-2)17-14-19-25(20-15-18-24(10-3)11-4)21-16-22-27(12-5,13-6)26-7/h8-22H2,1-7H3. The van der Waals surface area contributed by atoms with E-state index in [2.05, 4.69) is 56.2 Å². The first kappa shape index (κ1) is 27.1. The fourth-order valence-electron chi connectivity index (χ4n) is 4.07. The van der Waals surface area contributed by atoms with Crippen molar-refractivity contribution < 1.29 is 4.43 Å². The fourth-order valence-corrected chi connectivity index (χ4v) is 6.86. The molecule has 0 fully saturated rings. The van der Waals surface area contributed by atoms with E-state index in [1.807, 2.05) is 7.11 Å². The van der Waals surface area contributed by atoms with Crippen molar-refractivity contribution in [1.29, 1.82) is 0 Å². The normalized spacial score (nSPS) is 12.7. The molecule has 0 unspecified atom stereocenters. The molecule has 0 aliphatic heterocycles. The Bertz CT molecular complexity index is 292. The van der Waals surface area contributed by atoms with E-state index in [0.717, 1.165) is 0 Å². The molecular weight excluding hydrogens is 350 g/mol. The Morgan fingerprint density at radius 2 is 0.926 bits per heavy atom. The highest BCUT2D eigenvalue weighted by Gasteiger charge is 2.28. The Morgan fingerprint density at radius 3 is 1.26 bits per heavy atom. The topological polar surface area (TPSA) is 19.0 Å². The highest BCUT2D eigenvalue weighted by Crippen LogP contribution is 2.23. The van der Waals surface area contributed by atoms with Crippen molar-refractivity contribution >= 4 is 8.32 Å². The predicted molar refractivity (Wildman–Crippen MR) is 124 cm³/mol. The average molecular weight is 402 g/mol. The van der Waals surface area contributed by atoms with Gasteiger partial charge in [-0.05, 0) is 96.3 Å². The summed E-state index contributed by atoms with van der Waals surface area (Å²) in [5.41, 5.74) is 0. The highest BCUT2D eigenvalue weighted by atomic mass is 28.4. The Hall–Kier alpha value is 0.0569. The van der Waals surface area contributed by atoms with Crippen LogP contribution in [-0.4, -0.2) is 89.0 Å². The molecule has 0 atom stereocenters. The summed E-state index contributed by atoms with van der Waals surface area (Å²) in [6.07, 6.45) is 3.89. The van der Waals surface area contributed by atoms with E-state index < -0.39 is 8.32 Å². The summed E-state index contributed by atoms with van der Waals surface area (Å²) in [5.74, 6) is 0. The van der Waals surface area contributed by atoms with Crippen LogP contribution in [0.2, 0.25) is 18.1 Å². The van der Waals surface area contributed by atoms with Crippen molar-refractivity contribution in [3.8, 4) is 0 Å². The van der Waals surface area contributed by atoms with Gasteiger partial charge >= 0.3 is 0 Å². The van der Waals surface area contributed by atoms with Gasteiger partial charge in [0.2, 0.25) is 0 Å². The molecule has 0 aromatic heterocycles. The number of nitrogens with zero attached hydrogens (tertiary/aromatic N) is 3. The van der Waals surface area contributed by atoms with Crippen LogP contribution in [0.5, 0.6) is 0 Å². The smallest absolute Gasteiger partial charge is 0.191 e. The van der Waals surface area contributed by atoms with Crippen LogP contribution >= 0.6 is 0 Å². The molecule has 0 N–H and O–H groups in total. The van der Waals surface area contributed by atoms with Crippen molar-refractivity contribution in [1.82, 2.24) is 14.7 Å². The predicted octanol–water partition coefficient (Wildman–Crippen LogP) is 4.77. The lowest BCUT2D eigenvalue weighted by Gasteiger charge is -2.30. The van der Waals surface area contributed by atoms with Gasteiger partial charge in [-0.25, -0.2) is 0 Å². The lowest BCUT2D eigenvalue weighted by molar-refractivity contribution is 0.217. The molecule has 0 saturated heterocycles. The average Bonchev–Trinajstić information content (AvgIpc) is 2.71. The molecule has 0 aliphatic carbocycles. The van der Waals surface area contributed by atoms with Gasteiger partial charge in [0.05, 0.1) is 0 Å². The number of hydrogen-bond donors (Lipinski definition) is 0. The van der Waals surface area contributed by atoms with E-state index in [4.69, 9.17) is 4.43 Å². The van der Waals surface area contributed by atoms with E-state index in [0.29, 0.717) is 0 Å². The van der Waals surface area contributed by atoms with Crippen molar-refractivity contribution in [2.45, 2.75) is 78.9 Å². The van der Waals surface area contributed by atoms with E-state index in [9.17, 15) is 0 Å². The molecule has 0 heterocycles. The highest BCUT2D eigenvalue weighted by molar-refractivity contribution is 6.73. The van der Waals surface area contributed by atoms with Crippen LogP contribution in [0.15, 0.2) is 0 Å². The molecule has 5 heteroatoms. The minimum atomic E-state index is -1.45. The molecule has 0 rings (SSSR count). The van der Waals surface area contributed by atoms with Crippen LogP contribution in [0.4, 0.5) is 0 Å². The first-order valence-corrected chi connectivity index (χ1v) is 14.3. The maximum absolute atomic E-state index is 6.01. The van der Waals surface area contributed by atoms with Gasteiger partial charge in [0.25, 0.3) is 0 Å². The van der Waals surface area contributed by atoms with Crippen molar-refractivity contribution in [2.75, 3.05) is 66.0 Å². The third kappa shape index (κ3) is 11.6. The van der Waals surface area contributed by atoms with Gasteiger partial charge in [-0.1, -0.05) is 41.5 Å². The van der Waals surface area contributed by atoms with Gasteiger partial charge in [0.1, 0.15) is 0 Å². The molecule has 0 aromatic carbocycles. The maximum atomic E-state index is 6.01. The van der Waals surface area contributed by atoms with Gasteiger partial charge in [0.15, 0.2) is 8.32 Å². The second-order valence-corrected chi connectivity index (χ2v) is 12.5. The molecule has 0 amide bonds. The Morgan fingerprint density at radius 1 is 0.556 bits per heavy atom. The summed E-state index contributed by atoms with van der Waals surface area (Å²) in [6, 6.07) is 3.83. The first-order chi connectivity index (χ1) is 13.0. The van der Waals surface area contributed by atoms with Crippen molar-refractivity contribution in [3.63, 3.8) is 0 Å². The van der Waals surface area contributed by atoms with Crippen molar-refractivity contribution in [2.24, 2.45) is 0 Å². The molecule has 0 saturated carbocycles. The zero-order valence-electron chi connectivity index (χ0n) is 19.9. The van der Waals surface area contributed by atoms with E-state index in [1.165, 1.54) is 96.3 Å². The quantitative estimate of drug-likeness (QED) is 0.290. The maximum Gasteiger partial charge on any atom is 0.191 e. The molecule has 0 bridgehead atoms. The SMILES string of the molecule is CCN(CC)CCCN(CCCN(CC)CC)CCC[Si](CC)(CC)OC. The van der Waals surface area contributed by atoms with Crippen LogP contribution in [-0.2, 0) is 4.43 Å². The minimum absolute atomic E-state index is 1.17. The monoisotopic (exact) mass is 401 g/mol. The summed E-state index contributed by atoms with van der Waals surface area (Å²) < 4.78 is 6.01. The second kappa shape index (κ2) is 17.0. The number of rotatable bonds is 19.